The highest BCUT2D eigenvalue weighted by Gasteiger charge is 2.25. The SMILES string of the molecule is NS(=O)(=O)c1ccc(-c2sc(S(=O)(=O)Cc3cccc(Cl)c3)nc2-c2ccc(F)cc2)cc1. The molecule has 0 aliphatic heterocycles. The number of sulfone groups is 1. The zero-order valence-electron chi connectivity index (χ0n) is 16.8. The number of rotatable bonds is 6. The lowest BCUT2D eigenvalue weighted by atomic mass is 10.1. The predicted octanol–water partition coefficient (Wildman–Crippen LogP) is 4.89. The van der Waals surface area contributed by atoms with E-state index >= 15 is 0 Å². The second-order valence-electron chi connectivity index (χ2n) is 7.12. The van der Waals surface area contributed by atoms with Crippen LogP contribution in [-0.2, 0) is 25.6 Å². The monoisotopic (exact) mass is 522 g/mol. The highest BCUT2D eigenvalue weighted by molar-refractivity contribution is 7.92. The first-order valence-electron chi connectivity index (χ1n) is 9.40. The van der Waals surface area contributed by atoms with Crippen LogP contribution in [0.25, 0.3) is 21.7 Å². The fraction of sp³-hybridized carbons (Fsp3) is 0.0455. The first-order valence-corrected chi connectivity index (χ1v) is 13.8. The molecule has 0 aliphatic rings. The van der Waals surface area contributed by atoms with Crippen molar-refractivity contribution in [3.63, 3.8) is 0 Å². The molecule has 0 spiro atoms. The smallest absolute Gasteiger partial charge is 0.225 e. The summed E-state index contributed by atoms with van der Waals surface area (Å²) in [6.07, 6.45) is 0. The van der Waals surface area contributed by atoms with Crippen molar-refractivity contribution in [1.29, 1.82) is 0 Å². The van der Waals surface area contributed by atoms with Crippen LogP contribution in [0.4, 0.5) is 4.39 Å². The number of hydrogen-bond donors (Lipinski definition) is 1. The second-order valence-corrected chi connectivity index (χ2v) is 12.3. The van der Waals surface area contributed by atoms with Gasteiger partial charge in [0.2, 0.25) is 24.2 Å². The summed E-state index contributed by atoms with van der Waals surface area (Å²) in [6, 6.07) is 17.8. The van der Waals surface area contributed by atoms with Crippen LogP contribution in [0, 0.1) is 5.82 Å². The van der Waals surface area contributed by atoms with E-state index in [1.54, 1.807) is 24.3 Å². The average molecular weight is 523 g/mol. The molecule has 1 aromatic heterocycles. The van der Waals surface area contributed by atoms with Gasteiger partial charge >= 0.3 is 0 Å². The minimum Gasteiger partial charge on any atom is -0.225 e. The van der Waals surface area contributed by atoms with Gasteiger partial charge in [-0.2, -0.15) is 0 Å². The first kappa shape index (κ1) is 23.5. The Morgan fingerprint density at radius 2 is 1.55 bits per heavy atom. The van der Waals surface area contributed by atoms with E-state index < -0.39 is 25.7 Å². The molecule has 0 aliphatic carbocycles. The molecule has 4 rings (SSSR count). The van der Waals surface area contributed by atoms with Crippen LogP contribution in [0.5, 0.6) is 0 Å². The number of primary sulfonamides is 1. The van der Waals surface area contributed by atoms with Crippen molar-refractivity contribution < 1.29 is 21.2 Å². The van der Waals surface area contributed by atoms with Crippen LogP contribution in [0.3, 0.4) is 0 Å². The number of benzene rings is 3. The Labute approximate surface area is 199 Å². The van der Waals surface area contributed by atoms with Crippen LogP contribution in [0.1, 0.15) is 5.56 Å². The van der Waals surface area contributed by atoms with Crippen molar-refractivity contribution >= 4 is 42.8 Å². The number of nitrogens with zero attached hydrogens (tertiary/aromatic N) is 1. The summed E-state index contributed by atoms with van der Waals surface area (Å²) in [5.41, 5.74) is 1.92. The molecule has 1 heterocycles. The number of aromatic nitrogens is 1. The molecule has 0 saturated carbocycles. The Bertz CT molecular complexity index is 1530. The number of thiazole rings is 1. The third-order valence-corrected chi connectivity index (χ3v) is 9.09. The summed E-state index contributed by atoms with van der Waals surface area (Å²) in [5, 5.41) is 5.58. The molecule has 0 radical (unpaired) electrons. The van der Waals surface area contributed by atoms with Gasteiger partial charge in [-0.3, -0.25) is 0 Å². The highest BCUT2D eigenvalue weighted by Crippen LogP contribution is 2.39. The van der Waals surface area contributed by atoms with Crippen molar-refractivity contribution in [2.45, 2.75) is 15.0 Å². The average Bonchev–Trinajstić information content (AvgIpc) is 3.20. The molecule has 3 aromatic carbocycles. The van der Waals surface area contributed by atoms with Crippen LogP contribution in [0.15, 0.2) is 82.0 Å². The Morgan fingerprint density at radius 1 is 0.909 bits per heavy atom. The van der Waals surface area contributed by atoms with Gasteiger partial charge in [0.05, 0.1) is 21.2 Å². The van der Waals surface area contributed by atoms with Gasteiger partial charge < -0.3 is 0 Å². The number of sulfonamides is 1. The molecule has 6 nitrogen and oxygen atoms in total. The van der Waals surface area contributed by atoms with E-state index in [-0.39, 0.29) is 15.0 Å². The lowest BCUT2D eigenvalue weighted by Gasteiger charge is -2.04. The van der Waals surface area contributed by atoms with E-state index in [1.807, 2.05) is 0 Å². The van der Waals surface area contributed by atoms with Crippen LogP contribution >= 0.6 is 22.9 Å². The van der Waals surface area contributed by atoms with Crippen molar-refractivity contribution in [1.82, 2.24) is 4.98 Å². The van der Waals surface area contributed by atoms with Gasteiger partial charge in [0.1, 0.15) is 5.82 Å². The summed E-state index contributed by atoms with van der Waals surface area (Å²) in [6.45, 7) is 0. The van der Waals surface area contributed by atoms with Gasteiger partial charge in [0, 0.05) is 10.6 Å². The third-order valence-electron chi connectivity index (χ3n) is 4.68. The molecule has 11 heteroatoms. The Morgan fingerprint density at radius 3 is 2.15 bits per heavy atom. The van der Waals surface area contributed by atoms with Crippen molar-refractivity contribution in [3.05, 3.63) is 89.2 Å². The maximum atomic E-state index is 13.5. The fourth-order valence-corrected chi connectivity index (χ4v) is 6.60. The standard InChI is InChI=1S/C22H16ClFN2O4S3/c23-17-3-1-2-14(12-17)13-32(27,28)22-26-20(15-4-8-18(24)9-5-15)21(31-22)16-6-10-19(11-7-16)33(25,29)30/h1-12H,13H2,(H2,25,29,30). The van der Waals surface area contributed by atoms with E-state index in [1.165, 1.54) is 48.5 Å². The zero-order valence-corrected chi connectivity index (χ0v) is 20.0. The highest BCUT2D eigenvalue weighted by atomic mass is 35.5. The molecule has 2 N–H and O–H groups in total. The predicted molar refractivity (Wildman–Crippen MR) is 127 cm³/mol. The van der Waals surface area contributed by atoms with E-state index in [0.717, 1.165) is 11.3 Å². The summed E-state index contributed by atoms with van der Waals surface area (Å²) >= 11 is 6.93. The molecule has 0 unspecified atom stereocenters. The Hall–Kier alpha value is -2.63. The first-order chi connectivity index (χ1) is 15.5. The number of halogens is 2. The van der Waals surface area contributed by atoms with Crippen LogP contribution in [0.2, 0.25) is 5.02 Å². The topological polar surface area (TPSA) is 107 Å². The molecule has 33 heavy (non-hydrogen) atoms. The molecule has 170 valence electrons. The molecular formula is C22H16ClFN2O4S3. The van der Waals surface area contributed by atoms with E-state index in [4.69, 9.17) is 16.7 Å². The minimum absolute atomic E-state index is 0.0760. The van der Waals surface area contributed by atoms with Gasteiger partial charge in [-0.05, 0) is 59.7 Å². The van der Waals surface area contributed by atoms with Crippen LogP contribution < -0.4 is 5.14 Å². The third kappa shape index (κ3) is 5.31. The maximum Gasteiger partial charge on any atom is 0.238 e. The lowest BCUT2D eigenvalue weighted by molar-refractivity contribution is 0.594. The van der Waals surface area contributed by atoms with Gasteiger partial charge in [-0.25, -0.2) is 31.3 Å². The van der Waals surface area contributed by atoms with E-state index in [2.05, 4.69) is 4.98 Å². The second kappa shape index (κ2) is 8.96. The van der Waals surface area contributed by atoms with Gasteiger partial charge in [-0.15, -0.1) is 11.3 Å². The van der Waals surface area contributed by atoms with Crippen molar-refractivity contribution in [2.24, 2.45) is 5.14 Å². The summed E-state index contributed by atoms with van der Waals surface area (Å²) < 4.78 is 62.8. The van der Waals surface area contributed by atoms with E-state index in [9.17, 15) is 21.2 Å². The Balaban J connectivity index is 1.82. The summed E-state index contributed by atoms with van der Waals surface area (Å²) in [4.78, 5) is 4.80. The number of hydrogen-bond acceptors (Lipinski definition) is 6. The Kier molecular flexibility index (Phi) is 6.39. The van der Waals surface area contributed by atoms with Gasteiger partial charge in [-0.1, -0.05) is 35.9 Å². The number of nitrogens with two attached hydrogens (primary N) is 1. The lowest BCUT2D eigenvalue weighted by Crippen LogP contribution is -2.11. The molecular weight excluding hydrogens is 507 g/mol. The van der Waals surface area contributed by atoms with Gasteiger partial charge in [0.25, 0.3) is 0 Å². The zero-order chi connectivity index (χ0) is 23.8. The van der Waals surface area contributed by atoms with Crippen molar-refractivity contribution in [3.8, 4) is 21.7 Å². The molecule has 0 bridgehead atoms. The molecule has 4 aromatic rings. The summed E-state index contributed by atoms with van der Waals surface area (Å²) in [5.74, 6) is -0.741. The van der Waals surface area contributed by atoms with Crippen molar-refractivity contribution in [2.75, 3.05) is 0 Å². The molecule has 0 amide bonds. The normalized spacial score (nSPS) is 12.1. The largest absolute Gasteiger partial charge is 0.238 e. The quantitative estimate of drug-likeness (QED) is 0.388. The van der Waals surface area contributed by atoms with Gasteiger partial charge in [0.15, 0.2) is 0 Å². The minimum atomic E-state index is -3.89. The molecule has 0 saturated heterocycles. The van der Waals surface area contributed by atoms with E-state index in [0.29, 0.717) is 32.3 Å². The fourth-order valence-electron chi connectivity index (χ4n) is 3.14. The molecule has 0 fully saturated rings. The molecule has 0 atom stereocenters. The van der Waals surface area contributed by atoms with Crippen LogP contribution in [-0.4, -0.2) is 21.8 Å². The maximum absolute atomic E-state index is 13.5. The summed E-state index contributed by atoms with van der Waals surface area (Å²) in [7, 11) is -7.71.